The highest BCUT2D eigenvalue weighted by molar-refractivity contribution is 4.75. The quantitative estimate of drug-likeness (QED) is 0.534. The fourth-order valence-electron chi connectivity index (χ4n) is 1.93. The van der Waals surface area contributed by atoms with Crippen LogP contribution in [0.1, 0.15) is 46.0 Å². The molecule has 0 fully saturated rings. The predicted octanol–water partition coefficient (Wildman–Crippen LogP) is 3.26. The van der Waals surface area contributed by atoms with E-state index in [2.05, 4.69) is 13.8 Å². The molecule has 2 nitrogen and oxygen atoms in total. The summed E-state index contributed by atoms with van der Waals surface area (Å²) in [6.45, 7) is 6.31. The van der Waals surface area contributed by atoms with E-state index in [1.165, 1.54) is 32.1 Å². The number of rotatable bonds is 9. The first kappa shape index (κ1) is 13.9. The van der Waals surface area contributed by atoms with Crippen LogP contribution in [0.4, 0.5) is 0 Å². The second-order valence-corrected chi connectivity index (χ2v) is 4.09. The molecule has 0 N–H and O–H groups in total. The average molecular weight is 202 g/mol. The van der Waals surface area contributed by atoms with E-state index in [4.69, 9.17) is 9.47 Å². The van der Waals surface area contributed by atoms with Crippen molar-refractivity contribution in [2.75, 3.05) is 27.4 Å². The van der Waals surface area contributed by atoms with Crippen molar-refractivity contribution in [3.8, 4) is 0 Å². The van der Waals surface area contributed by atoms with Crippen LogP contribution in [0, 0.1) is 5.41 Å². The Balaban J connectivity index is 3.82. The maximum absolute atomic E-state index is 5.31. The van der Waals surface area contributed by atoms with Gasteiger partial charge in [0, 0.05) is 20.8 Å². The molecule has 0 heterocycles. The SMILES string of the molecule is CCC(CC)(CCCCOC)COC. The summed E-state index contributed by atoms with van der Waals surface area (Å²) in [4.78, 5) is 0. The van der Waals surface area contributed by atoms with Crippen LogP contribution in [0.5, 0.6) is 0 Å². The number of unbranched alkanes of at least 4 members (excludes halogenated alkanes) is 1. The summed E-state index contributed by atoms with van der Waals surface area (Å²) in [7, 11) is 3.57. The Morgan fingerprint density at radius 2 is 1.57 bits per heavy atom. The summed E-state index contributed by atoms with van der Waals surface area (Å²) >= 11 is 0. The van der Waals surface area contributed by atoms with Gasteiger partial charge in [-0.15, -0.1) is 0 Å². The first-order valence-electron chi connectivity index (χ1n) is 5.72. The van der Waals surface area contributed by atoms with E-state index < -0.39 is 0 Å². The Hall–Kier alpha value is -0.0800. The molecule has 0 aliphatic heterocycles. The third kappa shape index (κ3) is 4.97. The summed E-state index contributed by atoms with van der Waals surface area (Å²) in [5.41, 5.74) is 0.405. The van der Waals surface area contributed by atoms with Gasteiger partial charge in [-0.1, -0.05) is 20.3 Å². The predicted molar refractivity (Wildman–Crippen MR) is 60.6 cm³/mol. The number of hydrogen-bond donors (Lipinski definition) is 0. The minimum atomic E-state index is 0.405. The van der Waals surface area contributed by atoms with Crippen molar-refractivity contribution < 1.29 is 9.47 Å². The fourth-order valence-corrected chi connectivity index (χ4v) is 1.93. The molecule has 0 aromatic rings. The molecule has 0 aromatic heterocycles. The van der Waals surface area contributed by atoms with Crippen LogP contribution < -0.4 is 0 Å². The molecule has 2 heteroatoms. The lowest BCUT2D eigenvalue weighted by molar-refractivity contribution is 0.0612. The van der Waals surface area contributed by atoms with Gasteiger partial charge in [0.2, 0.25) is 0 Å². The molecule has 14 heavy (non-hydrogen) atoms. The minimum Gasteiger partial charge on any atom is -0.385 e. The Labute approximate surface area is 89.0 Å². The van der Waals surface area contributed by atoms with Crippen LogP contribution in [-0.4, -0.2) is 27.4 Å². The van der Waals surface area contributed by atoms with Crippen LogP contribution in [0.3, 0.4) is 0 Å². The summed E-state index contributed by atoms with van der Waals surface area (Å²) in [5, 5.41) is 0. The summed E-state index contributed by atoms with van der Waals surface area (Å²) in [5.74, 6) is 0. The molecule has 0 bridgehead atoms. The van der Waals surface area contributed by atoms with Crippen molar-refractivity contribution in [2.24, 2.45) is 5.41 Å². The van der Waals surface area contributed by atoms with Crippen molar-refractivity contribution in [3.63, 3.8) is 0 Å². The maximum atomic E-state index is 5.31. The molecular weight excluding hydrogens is 176 g/mol. The minimum absolute atomic E-state index is 0.405. The summed E-state index contributed by atoms with van der Waals surface area (Å²) in [6.07, 6.45) is 6.10. The Morgan fingerprint density at radius 3 is 2.00 bits per heavy atom. The third-order valence-electron chi connectivity index (χ3n) is 3.26. The number of hydrogen-bond acceptors (Lipinski definition) is 2. The molecule has 0 atom stereocenters. The lowest BCUT2D eigenvalue weighted by Gasteiger charge is -2.30. The van der Waals surface area contributed by atoms with Gasteiger partial charge in [-0.05, 0) is 31.1 Å². The lowest BCUT2D eigenvalue weighted by Crippen LogP contribution is -2.25. The standard InChI is InChI=1S/C12H26O2/c1-5-12(6-2,11-14-4)9-7-8-10-13-3/h5-11H2,1-4H3. The molecule has 0 radical (unpaired) electrons. The van der Waals surface area contributed by atoms with Gasteiger partial charge in [0.1, 0.15) is 0 Å². The van der Waals surface area contributed by atoms with Gasteiger partial charge in [0.05, 0.1) is 6.61 Å². The zero-order chi connectivity index (χ0) is 10.9. The van der Waals surface area contributed by atoms with Gasteiger partial charge >= 0.3 is 0 Å². The molecule has 0 spiro atoms. The summed E-state index contributed by atoms with van der Waals surface area (Å²) in [6, 6.07) is 0. The highest BCUT2D eigenvalue weighted by atomic mass is 16.5. The van der Waals surface area contributed by atoms with E-state index in [1.807, 2.05) is 0 Å². The van der Waals surface area contributed by atoms with Crippen molar-refractivity contribution >= 4 is 0 Å². The Morgan fingerprint density at radius 1 is 0.929 bits per heavy atom. The molecule has 0 aromatic carbocycles. The molecule has 0 saturated carbocycles. The number of methoxy groups -OCH3 is 2. The van der Waals surface area contributed by atoms with Gasteiger partial charge in [-0.2, -0.15) is 0 Å². The fraction of sp³-hybridized carbons (Fsp3) is 1.00. The molecule has 0 amide bonds. The normalized spacial score (nSPS) is 12.0. The van der Waals surface area contributed by atoms with Gasteiger partial charge in [0.15, 0.2) is 0 Å². The second kappa shape index (κ2) is 8.25. The lowest BCUT2D eigenvalue weighted by atomic mass is 9.78. The van der Waals surface area contributed by atoms with E-state index >= 15 is 0 Å². The van der Waals surface area contributed by atoms with Gasteiger partial charge in [-0.25, -0.2) is 0 Å². The van der Waals surface area contributed by atoms with Gasteiger partial charge in [-0.3, -0.25) is 0 Å². The Bertz CT molecular complexity index is 119. The van der Waals surface area contributed by atoms with Crippen LogP contribution in [0.25, 0.3) is 0 Å². The third-order valence-corrected chi connectivity index (χ3v) is 3.26. The average Bonchev–Trinajstić information content (AvgIpc) is 2.23. The molecule has 0 unspecified atom stereocenters. The molecular formula is C12H26O2. The van der Waals surface area contributed by atoms with Gasteiger partial charge < -0.3 is 9.47 Å². The van der Waals surface area contributed by atoms with E-state index in [-0.39, 0.29) is 0 Å². The van der Waals surface area contributed by atoms with Gasteiger partial charge in [0.25, 0.3) is 0 Å². The Kier molecular flexibility index (Phi) is 8.20. The number of ether oxygens (including phenoxy) is 2. The largest absolute Gasteiger partial charge is 0.385 e. The van der Waals surface area contributed by atoms with E-state index in [0.717, 1.165) is 13.2 Å². The van der Waals surface area contributed by atoms with E-state index in [9.17, 15) is 0 Å². The molecule has 0 saturated heterocycles. The van der Waals surface area contributed by atoms with Crippen molar-refractivity contribution in [2.45, 2.75) is 46.0 Å². The summed E-state index contributed by atoms with van der Waals surface area (Å²) < 4.78 is 10.4. The van der Waals surface area contributed by atoms with Crippen molar-refractivity contribution in [1.82, 2.24) is 0 Å². The maximum Gasteiger partial charge on any atom is 0.0518 e. The molecule has 0 rings (SSSR count). The highest BCUT2D eigenvalue weighted by Gasteiger charge is 2.25. The zero-order valence-electron chi connectivity index (χ0n) is 10.3. The topological polar surface area (TPSA) is 18.5 Å². The second-order valence-electron chi connectivity index (χ2n) is 4.09. The van der Waals surface area contributed by atoms with Crippen LogP contribution in [0.15, 0.2) is 0 Å². The molecule has 0 aliphatic rings. The smallest absolute Gasteiger partial charge is 0.0518 e. The zero-order valence-corrected chi connectivity index (χ0v) is 10.3. The van der Waals surface area contributed by atoms with E-state index in [1.54, 1.807) is 14.2 Å². The first-order chi connectivity index (χ1) is 6.74. The monoisotopic (exact) mass is 202 g/mol. The first-order valence-corrected chi connectivity index (χ1v) is 5.72. The molecule has 0 aliphatic carbocycles. The van der Waals surface area contributed by atoms with E-state index in [0.29, 0.717) is 5.41 Å². The molecule has 86 valence electrons. The van der Waals surface area contributed by atoms with Crippen LogP contribution in [0.2, 0.25) is 0 Å². The highest BCUT2D eigenvalue weighted by Crippen LogP contribution is 2.32. The van der Waals surface area contributed by atoms with Crippen molar-refractivity contribution in [1.29, 1.82) is 0 Å². The van der Waals surface area contributed by atoms with Crippen molar-refractivity contribution in [3.05, 3.63) is 0 Å². The van der Waals surface area contributed by atoms with Crippen LogP contribution >= 0.6 is 0 Å². The van der Waals surface area contributed by atoms with Crippen LogP contribution in [-0.2, 0) is 9.47 Å².